The lowest BCUT2D eigenvalue weighted by Gasteiger charge is -2.27. The maximum atomic E-state index is 12.2. The van der Waals surface area contributed by atoms with Gasteiger partial charge in [0.25, 0.3) is 5.91 Å². The Hall–Kier alpha value is -0.730. The number of piperidine rings is 1. The fraction of sp³-hybridized carbons (Fsp3) is 0.417. The standard InChI is InChI=1S/C12H13Cl2NO/c13-10-6-4-5-9(11(10)14)12(16)15-7-2-1-3-8-15/h4-6H,1-3,7-8H2. The Morgan fingerprint density at radius 2 is 1.81 bits per heavy atom. The van der Waals surface area contributed by atoms with Gasteiger partial charge in [0.15, 0.2) is 0 Å². The molecule has 1 aliphatic heterocycles. The molecule has 1 heterocycles. The molecule has 1 fully saturated rings. The van der Waals surface area contributed by atoms with Gasteiger partial charge >= 0.3 is 0 Å². The summed E-state index contributed by atoms with van der Waals surface area (Å²) in [4.78, 5) is 14.0. The molecule has 0 spiro atoms. The van der Waals surface area contributed by atoms with Crippen molar-refractivity contribution in [3.8, 4) is 0 Å². The van der Waals surface area contributed by atoms with Crippen molar-refractivity contribution in [1.29, 1.82) is 0 Å². The monoisotopic (exact) mass is 257 g/mol. The van der Waals surface area contributed by atoms with Crippen LogP contribution in [-0.2, 0) is 0 Å². The van der Waals surface area contributed by atoms with Crippen LogP contribution < -0.4 is 0 Å². The summed E-state index contributed by atoms with van der Waals surface area (Å²) in [5, 5.41) is 0.796. The number of nitrogens with zero attached hydrogens (tertiary/aromatic N) is 1. The van der Waals surface area contributed by atoms with E-state index in [0.29, 0.717) is 15.6 Å². The van der Waals surface area contributed by atoms with Crippen LogP contribution in [-0.4, -0.2) is 23.9 Å². The van der Waals surface area contributed by atoms with Crippen molar-refractivity contribution in [3.05, 3.63) is 33.8 Å². The smallest absolute Gasteiger partial charge is 0.255 e. The Morgan fingerprint density at radius 3 is 2.50 bits per heavy atom. The number of rotatable bonds is 1. The van der Waals surface area contributed by atoms with Gasteiger partial charge < -0.3 is 4.90 Å². The summed E-state index contributed by atoms with van der Waals surface area (Å²) in [6.07, 6.45) is 3.35. The molecule has 0 atom stereocenters. The van der Waals surface area contributed by atoms with Crippen molar-refractivity contribution in [2.24, 2.45) is 0 Å². The van der Waals surface area contributed by atoms with E-state index in [1.807, 2.05) is 4.90 Å². The summed E-state index contributed by atoms with van der Waals surface area (Å²) in [6.45, 7) is 1.64. The molecule has 0 unspecified atom stereocenters. The molecule has 86 valence electrons. The minimum absolute atomic E-state index is 0.00722. The Balaban J connectivity index is 2.22. The first-order chi connectivity index (χ1) is 7.70. The summed E-state index contributed by atoms with van der Waals surface area (Å²) < 4.78 is 0. The van der Waals surface area contributed by atoms with E-state index in [9.17, 15) is 4.79 Å². The van der Waals surface area contributed by atoms with Crippen molar-refractivity contribution in [2.75, 3.05) is 13.1 Å². The average molecular weight is 258 g/mol. The van der Waals surface area contributed by atoms with Crippen LogP contribution in [0.4, 0.5) is 0 Å². The van der Waals surface area contributed by atoms with Gasteiger partial charge in [-0.1, -0.05) is 29.3 Å². The van der Waals surface area contributed by atoms with E-state index in [1.165, 1.54) is 6.42 Å². The molecule has 0 aromatic heterocycles. The third-order valence-electron chi connectivity index (χ3n) is 2.83. The van der Waals surface area contributed by atoms with Crippen molar-refractivity contribution in [2.45, 2.75) is 19.3 Å². The average Bonchev–Trinajstić information content (AvgIpc) is 2.33. The molecule has 16 heavy (non-hydrogen) atoms. The molecule has 0 bridgehead atoms. The van der Waals surface area contributed by atoms with Crippen LogP contribution in [0.5, 0.6) is 0 Å². The molecule has 2 nitrogen and oxygen atoms in total. The zero-order valence-corrected chi connectivity index (χ0v) is 10.4. The maximum absolute atomic E-state index is 12.2. The number of amides is 1. The zero-order chi connectivity index (χ0) is 11.5. The van der Waals surface area contributed by atoms with Crippen LogP contribution >= 0.6 is 23.2 Å². The van der Waals surface area contributed by atoms with E-state index in [4.69, 9.17) is 23.2 Å². The predicted molar refractivity (Wildman–Crippen MR) is 66.2 cm³/mol. The van der Waals surface area contributed by atoms with Crippen molar-refractivity contribution in [3.63, 3.8) is 0 Å². The quantitative estimate of drug-likeness (QED) is 0.753. The molecule has 0 saturated carbocycles. The molecule has 1 aromatic rings. The van der Waals surface area contributed by atoms with Gasteiger partial charge in [-0.25, -0.2) is 0 Å². The fourth-order valence-corrected chi connectivity index (χ4v) is 2.32. The van der Waals surface area contributed by atoms with Crippen molar-refractivity contribution >= 4 is 29.1 Å². The van der Waals surface area contributed by atoms with E-state index in [2.05, 4.69) is 0 Å². The summed E-state index contributed by atoms with van der Waals surface area (Å²) >= 11 is 11.9. The summed E-state index contributed by atoms with van der Waals surface area (Å²) in [5.41, 5.74) is 0.510. The highest BCUT2D eigenvalue weighted by molar-refractivity contribution is 6.43. The van der Waals surface area contributed by atoms with Crippen molar-refractivity contribution in [1.82, 2.24) is 4.90 Å². The number of hydrogen-bond donors (Lipinski definition) is 0. The molecule has 0 N–H and O–H groups in total. The molecule has 1 aromatic carbocycles. The Labute approximate surface area is 105 Å². The SMILES string of the molecule is O=C(c1cccc(Cl)c1Cl)N1CCCCC1. The normalized spacial score (nSPS) is 16.2. The Kier molecular flexibility index (Phi) is 3.72. The number of benzene rings is 1. The Morgan fingerprint density at radius 1 is 1.12 bits per heavy atom. The second-order valence-electron chi connectivity index (χ2n) is 3.95. The molecule has 1 amide bonds. The highest BCUT2D eigenvalue weighted by atomic mass is 35.5. The minimum atomic E-state index is -0.00722. The zero-order valence-electron chi connectivity index (χ0n) is 8.88. The molecule has 1 aliphatic rings. The lowest BCUT2D eigenvalue weighted by Crippen LogP contribution is -2.35. The number of carbonyl (C=O) groups is 1. The predicted octanol–water partition coefficient (Wildman–Crippen LogP) is 3.62. The lowest BCUT2D eigenvalue weighted by molar-refractivity contribution is 0.0724. The third kappa shape index (κ3) is 2.33. The van der Waals surface area contributed by atoms with Gasteiger partial charge in [0.2, 0.25) is 0 Å². The molecular weight excluding hydrogens is 245 g/mol. The molecule has 1 saturated heterocycles. The lowest BCUT2D eigenvalue weighted by atomic mass is 10.1. The molecule has 2 rings (SSSR count). The molecule has 0 radical (unpaired) electrons. The van der Waals surface area contributed by atoms with Gasteiger partial charge in [0, 0.05) is 13.1 Å². The first-order valence-electron chi connectivity index (χ1n) is 5.43. The number of halogens is 2. The summed E-state index contributed by atoms with van der Waals surface area (Å²) in [6, 6.07) is 5.17. The molecule has 0 aliphatic carbocycles. The van der Waals surface area contributed by atoms with E-state index in [-0.39, 0.29) is 5.91 Å². The van der Waals surface area contributed by atoms with Gasteiger partial charge in [-0.15, -0.1) is 0 Å². The van der Waals surface area contributed by atoms with Crippen LogP contribution in [0.2, 0.25) is 10.0 Å². The van der Waals surface area contributed by atoms with E-state index < -0.39 is 0 Å². The summed E-state index contributed by atoms with van der Waals surface area (Å²) in [5.74, 6) is -0.00722. The number of hydrogen-bond acceptors (Lipinski definition) is 1. The van der Waals surface area contributed by atoms with Crippen LogP contribution in [0.3, 0.4) is 0 Å². The van der Waals surface area contributed by atoms with Gasteiger partial charge in [-0.2, -0.15) is 0 Å². The van der Waals surface area contributed by atoms with Crippen LogP contribution in [0.1, 0.15) is 29.6 Å². The maximum Gasteiger partial charge on any atom is 0.255 e. The third-order valence-corrected chi connectivity index (χ3v) is 3.64. The minimum Gasteiger partial charge on any atom is -0.339 e. The number of likely N-dealkylation sites (tertiary alicyclic amines) is 1. The van der Waals surface area contributed by atoms with Crippen LogP contribution in [0.25, 0.3) is 0 Å². The Bertz CT molecular complexity index is 400. The van der Waals surface area contributed by atoms with Crippen molar-refractivity contribution < 1.29 is 4.79 Å². The fourth-order valence-electron chi connectivity index (χ4n) is 1.94. The largest absolute Gasteiger partial charge is 0.339 e. The van der Waals surface area contributed by atoms with Gasteiger partial charge in [-0.05, 0) is 31.4 Å². The van der Waals surface area contributed by atoms with Crippen LogP contribution in [0.15, 0.2) is 18.2 Å². The van der Waals surface area contributed by atoms with Gasteiger partial charge in [-0.3, -0.25) is 4.79 Å². The highest BCUT2D eigenvalue weighted by Crippen LogP contribution is 2.27. The molecular formula is C12H13Cl2NO. The second-order valence-corrected chi connectivity index (χ2v) is 4.74. The van der Waals surface area contributed by atoms with Crippen LogP contribution in [0, 0.1) is 0 Å². The van der Waals surface area contributed by atoms with Gasteiger partial charge in [0.05, 0.1) is 15.6 Å². The summed E-state index contributed by atoms with van der Waals surface area (Å²) in [7, 11) is 0. The topological polar surface area (TPSA) is 20.3 Å². The molecule has 4 heteroatoms. The van der Waals surface area contributed by atoms with E-state index in [1.54, 1.807) is 18.2 Å². The first-order valence-corrected chi connectivity index (χ1v) is 6.19. The van der Waals surface area contributed by atoms with Gasteiger partial charge in [0.1, 0.15) is 0 Å². The van der Waals surface area contributed by atoms with E-state index >= 15 is 0 Å². The highest BCUT2D eigenvalue weighted by Gasteiger charge is 2.20. The van der Waals surface area contributed by atoms with E-state index in [0.717, 1.165) is 25.9 Å². The second kappa shape index (κ2) is 5.07. The number of carbonyl (C=O) groups excluding carboxylic acids is 1. The first kappa shape index (κ1) is 11.7.